The molecule has 3 aromatic rings. The number of aliphatic imine (C=N–C) groups is 1. The molecule has 27 heavy (non-hydrogen) atoms. The van der Waals surface area contributed by atoms with Gasteiger partial charge < -0.3 is 9.15 Å². The monoisotopic (exact) mass is 369 g/mol. The SMILES string of the molecule is Cc1ccc(C(=NCc2ccc(C)o2)NO)c(OCc2ccccc2F)n1. The van der Waals surface area contributed by atoms with Crippen molar-refractivity contribution in [3.8, 4) is 5.88 Å². The van der Waals surface area contributed by atoms with Crippen LogP contribution in [0.2, 0.25) is 0 Å². The number of hydrogen-bond acceptors (Lipinski definition) is 5. The summed E-state index contributed by atoms with van der Waals surface area (Å²) in [6.07, 6.45) is 0. The van der Waals surface area contributed by atoms with Gasteiger partial charge in [-0.2, -0.15) is 0 Å². The number of nitrogens with zero attached hydrogens (tertiary/aromatic N) is 2. The van der Waals surface area contributed by atoms with Crippen molar-refractivity contribution in [3.63, 3.8) is 0 Å². The molecule has 0 saturated carbocycles. The highest BCUT2D eigenvalue weighted by molar-refractivity contribution is 5.99. The van der Waals surface area contributed by atoms with Crippen molar-refractivity contribution in [2.45, 2.75) is 27.0 Å². The summed E-state index contributed by atoms with van der Waals surface area (Å²) in [6, 6.07) is 13.5. The highest BCUT2D eigenvalue weighted by atomic mass is 19.1. The molecule has 3 rings (SSSR count). The molecule has 0 unspecified atom stereocenters. The molecule has 0 aliphatic rings. The van der Waals surface area contributed by atoms with E-state index in [1.807, 2.05) is 26.0 Å². The van der Waals surface area contributed by atoms with Crippen LogP contribution in [0.3, 0.4) is 0 Å². The fraction of sp³-hybridized carbons (Fsp3) is 0.200. The molecule has 1 aromatic carbocycles. The van der Waals surface area contributed by atoms with E-state index < -0.39 is 0 Å². The predicted molar refractivity (Wildman–Crippen MR) is 98.3 cm³/mol. The third kappa shape index (κ3) is 4.71. The number of ether oxygens (including phenoxy) is 1. The van der Waals surface area contributed by atoms with E-state index >= 15 is 0 Å². The molecule has 2 aromatic heterocycles. The first-order valence-electron chi connectivity index (χ1n) is 8.41. The van der Waals surface area contributed by atoms with Gasteiger partial charge >= 0.3 is 0 Å². The number of hydroxylamine groups is 1. The molecule has 7 heteroatoms. The van der Waals surface area contributed by atoms with Crippen molar-refractivity contribution in [2.75, 3.05) is 0 Å². The van der Waals surface area contributed by atoms with Gasteiger partial charge in [0, 0.05) is 11.3 Å². The summed E-state index contributed by atoms with van der Waals surface area (Å²) in [7, 11) is 0. The number of halogens is 1. The lowest BCUT2D eigenvalue weighted by atomic mass is 10.2. The molecule has 2 N–H and O–H groups in total. The molecule has 0 aliphatic heterocycles. The van der Waals surface area contributed by atoms with Gasteiger partial charge in [-0.15, -0.1) is 0 Å². The second-order valence-corrected chi connectivity index (χ2v) is 5.97. The zero-order valence-corrected chi connectivity index (χ0v) is 15.1. The van der Waals surface area contributed by atoms with Gasteiger partial charge in [-0.3, -0.25) is 15.7 Å². The summed E-state index contributed by atoms with van der Waals surface area (Å²) < 4.78 is 25.0. The Morgan fingerprint density at radius 2 is 2.00 bits per heavy atom. The Bertz CT molecular complexity index is 953. The van der Waals surface area contributed by atoms with Gasteiger partial charge in [-0.05, 0) is 44.2 Å². The molecule has 140 valence electrons. The predicted octanol–water partition coefficient (Wildman–Crippen LogP) is 3.94. The van der Waals surface area contributed by atoms with E-state index in [1.54, 1.807) is 30.3 Å². The Morgan fingerprint density at radius 3 is 2.70 bits per heavy atom. The number of aromatic nitrogens is 1. The average molecular weight is 369 g/mol. The van der Waals surface area contributed by atoms with Crippen LogP contribution in [0.5, 0.6) is 5.88 Å². The number of aryl methyl sites for hydroxylation is 2. The van der Waals surface area contributed by atoms with Crippen LogP contribution in [-0.2, 0) is 13.2 Å². The van der Waals surface area contributed by atoms with Crippen molar-refractivity contribution in [1.29, 1.82) is 0 Å². The summed E-state index contributed by atoms with van der Waals surface area (Å²) in [5, 5.41) is 9.53. The third-order valence-electron chi connectivity index (χ3n) is 3.87. The maximum absolute atomic E-state index is 13.8. The normalized spacial score (nSPS) is 11.5. The maximum atomic E-state index is 13.8. The molecule has 0 aliphatic carbocycles. The zero-order valence-electron chi connectivity index (χ0n) is 15.1. The fourth-order valence-electron chi connectivity index (χ4n) is 2.49. The van der Waals surface area contributed by atoms with E-state index in [1.165, 1.54) is 6.07 Å². The Kier molecular flexibility index (Phi) is 5.83. The van der Waals surface area contributed by atoms with Crippen molar-refractivity contribution < 1.29 is 18.8 Å². The lowest BCUT2D eigenvalue weighted by Gasteiger charge is -2.13. The van der Waals surface area contributed by atoms with Gasteiger partial charge in [0.25, 0.3) is 0 Å². The summed E-state index contributed by atoms with van der Waals surface area (Å²) in [5.41, 5.74) is 3.67. The highest BCUT2D eigenvalue weighted by Gasteiger charge is 2.14. The van der Waals surface area contributed by atoms with Crippen molar-refractivity contribution >= 4 is 5.84 Å². The van der Waals surface area contributed by atoms with E-state index in [0.29, 0.717) is 16.9 Å². The largest absolute Gasteiger partial charge is 0.472 e. The molecular formula is C20H20FN3O3. The van der Waals surface area contributed by atoms with Crippen LogP contribution in [0.1, 0.15) is 28.3 Å². The van der Waals surface area contributed by atoms with E-state index in [-0.39, 0.29) is 30.7 Å². The summed E-state index contributed by atoms with van der Waals surface area (Å²) in [6.45, 7) is 3.90. The summed E-state index contributed by atoms with van der Waals surface area (Å²) >= 11 is 0. The number of rotatable bonds is 6. The lowest BCUT2D eigenvalue weighted by molar-refractivity contribution is 0.233. The summed E-state index contributed by atoms with van der Waals surface area (Å²) in [5.74, 6) is 1.52. The molecule has 6 nitrogen and oxygen atoms in total. The van der Waals surface area contributed by atoms with Crippen LogP contribution in [0, 0.1) is 19.7 Å². The summed E-state index contributed by atoms with van der Waals surface area (Å²) in [4.78, 5) is 8.67. The van der Waals surface area contributed by atoms with Crippen LogP contribution >= 0.6 is 0 Å². The van der Waals surface area contributed by atoms with Gasteiger partial charge in [0.2, 0.25) is 5.88 Å². The number of hydrogen-bond donors (Lipinski definition) is 2. The van der Waals surface area contributed by atoms with Crippen LogP contribution < -0.4 is 10.2 Å². The number of benzene rings is 1. The number of amidine groups is 1. The standard InChI is InChI=1S/C20H20FN3O3/c1-13-7-10-17(19(24-25)22-11-16-9-8-14(2)27-16)20(23-13)26-12-15-5-3-4-6-18(15)21/h3-10,25H,11-12H2,1-2H3,(H,22,24). The number of pyridine rings is 1. The van der Waals surface area contributed by atoms with Gasteiger partial charge in [0.05, 0.1) is 12.1 Å². The van der Waals surface area contributed by atoms with Crippen LogP contribution in [0.25, 0.3) is 0 Å². The van der Waals surface area contributed by atoms with Gasteiger partial charge in [-0.25, -0.2) is 9.37 Å². The lowest BCUT2D eigenvalue weighted by Crippen LogP contribution is -2.22. The quantitative estimate of drug-likeness (QED) is 0.391. The smallest absolute Gasteiger partial charge is 0.225 e. The Morgan fingerprint density at radius 1 is 1.19 bits per heavy atom. The number of furan rings is 1. The van der Waals surface area contributed by atoms with Gasteiger partial charge in [0.15, 0.2) is 5.84 Å². The van der Waals surface area contributed by atoms with Crippen molar-refractivity contribution in [3.05, 3.63) is 82.7 Å². The Hall–Kier alpha value is -3.19. The van der Waals surface area contributed by atoms with Crippen LogP contribution in [0.4, 0.5) is 4.39 Å². The van der Waals surface area contributed by atoms with E-state index in [4.69, 9.17) is 9.15 Å². The minimum atomic E-state index is -0.353. The van der Waals surface area contributed by atoms with E-state index in [2.05, 4.69) is 15.5 Å². The minimum absolute atomic E-state index is 0.00616. The van der Waals surface area contributed by atoms with Crippen molar-refractivity contribution in [2.24, 2.45) is 4.99 Å². The maximum Gasteiger partial charge on any atom is 0.225 e. The molecule has 0 spiro atoms. The third-order valence-corrected chi connectivity index (χ3v) is 3.87. The topological polar surface area (TPSA) is 79.9 Å². The first kappa shape index (κ1) is 18.6. The van der Waals surface area contributed by atoms with E-state index in [9.17, 15) is 9.60 Å². The average Bonchev–Trinajstić information content (AvgIpc) is 3.08. The molecule has 0 atom stereocenters. The van der Waals surface area contributed by atoms with E-state index in [0.717, 1.165) is 11.5 Å². The second-order valence-electron chi connectivity index (χ2n) is 5.97. The van der Waals surface area contributed by atoms with Gasteiger partial charge in [-0.1, -0.05) is 18.2 Å². The molecule has 0 bridgehead atoms. The Labute approximate surface area is 156 Å². The minimum Gasteiger partial charge on any atom is -0.472 e. The van der Waals surface area contributed by atoms with Crippen LogP contribution in [-0.4, -0.2) is 16.0 Å². The second kappa shape index (κ2) is 8.46. The molecule has 0 fully saturated rings. The van der Waals surface area contributed by atoms with Crippen LogP contribution in [0.15, 0.2) is 57.9 Å². The first-order chi connectivity index (χ1) is 13.1. The molecular weight excluding hydrogens is 349 g/mol. The first-order valence-corrected chi connectivity index (χ1v) is 8.41. The zero-order chi connectivity index (χ0) is 19.2. The van der Waals surface area contributed by atoms with Crippen molar-refractivity contribution in [1.82, 2.24) is 10.5 Å². The fourth-order valence-corrected chi connectivity index (χ4v) is 2.49. The van der Waals surface area contributed by atoms with Gasteiger partial charge in [0.1, 0.15) is 23.9 Å². The number of nitrogens with one attached hydrogen (secondary N) is 1. The highest BCUT2D eigenvalue weighted by Crippen LogP contribution is 2.20. The molecule has 0 saturated heterocycles. The molecule has 2 heterocycles. The Balaban J connectivity index is 1.84. The molecule has 0 amide bonds. The molecule has 0 radical (unpaired) electrons.